The first-order valence-electron chi connectivity index (χ1n) is 13.2. The molecule has 1 unspecified atom stereocenters. The van der Waals surface area contributed by atoms with Gasteiger partial charge in [0.15, 0.2) is 5.12 Å². The number of nitrogens with one attached hydrogen (secondary N) is 2. The summed E-state index contributed by atoms with van der Waals surface area (Å²) in [6, 6.07) is -1.68. The van der Waals surface area contributed by atoms with Gasteiger partial charge in [0.25, 0.3) is 0 Å². The molecule has 0 fully saturated rings. The zero-order chi connectivity index (χ0) is 28.2. The summed E-state index contributed by atoms with van der Waals surface area (Å²) in [5.41, 5.74) is 0. The standard InChI is InChI=1S/C27H45IN2O6S/c1-6-8-9-10-11-15-24(33)37-16-13-12-14-22(17-21(32)18-28)36-27(35)25(19(3)4)30-26(34)23(7-2)29-20(5)31/h12,14,19,22-23,25H,6-11,13,15-18H2,1-5H3,(H,29,31)(H,30,34)/b14-12+/t22-,23?,25+/m1/s1. The molecule has 0 aliphatic carbocycles. The lowest BCUT2D eigenvalue weighted by Gasteiger charge is -2.25. The molecule has 0 bridgehead atoms. The van der Waals surface area contributed by atoms with Crippen molar-refractivity contribution in [2.24, 2.45) is 5.92 Å². The van der Waals surface area contributed by atoms with E-state index in [1.165, 1.54) is 37.9 Å². The molecule has 0 rings (SSSR count). The number of ether oxygens (including phenoxy) is 1. The van der Waals surface area contributed by atoms with Crippen LogP contribution in [0.4, 0.5) is 0 Å². The molecule has 37 heavy (non-hydrogen) atoms. The van der Waals surface area contributed by atoms with E-state index in [0.29, 0.717) is 29.4 Å². The van der Waals surface area contributed by atoms with Crippen LogP contribution in [0.15, 0.2) is 12.2 Å². The lowest BCUT2D eigenvalue weighted by molar-refractivity contribution is -0.153. The summed E-state index contributed by atoms with van der Waals surface area (Å²) in [5.74, 6) is -1.13. The molecule has 0 radical (unpaired) electrons. The van der Waals surface area contributed by atoms with Crippen molar-refractivity contribution in [2.75, 3.05) is 10.2 Å². The van der Waals surface area contributed by atoms with E-state index in [-0.39, 0.29) is 29.1 Å². The normalized spacial score (nSPS) is 13.7. The highest BCUT2D eigenvalue weighted by molar-refractivity contribution is 14.1. The van der Waals surface area contributed by atoms with Crippen molar-refractivity contribution in [1.82, 2.24) is 10.6 Å². The van der Waals surface area contributed by atoms with Gasteiger partial charge in [0.2, 0.25) is 11.8 Å². The van der Waals surface area contributed by atoms with Gasteiger partial charge in [-0.3, -0.25) is 19.2 Å². The number of alkyl halides is 1. The van der Waals surface area contributed by atoms with Gasteiger partial charge in [0.05, 0.1) is 4.43 Å². The first-order chi connectivity index (χ1) is 17.5. The van der Waals surface area contributed by atoms with E-state index < -0.39 is 30.1 Å². The van der Waals surface area contributed by atoms with E-state index in [0.717, 1.165) is 12.8 Å². The van der Waals surface area contributed by atoms with E-state index in [2.05, 4.69) is 17.6 Å². The number of ketones is 1. The summed E-state index contributed by atoms with van der Waals surface area (Å²) < 4.78 is 5.92. The van der Waals surface area contributed by atoms with Crippen LogP contribution in [0, 0.1) is 5.92 Å². The number of allylic oxidation sites excluding steroid dienone is 1. The molecule has 0 aromatic heterocycles. The third kappa shape index (κ3) is 17.7. The highest BCUT2D eigenvalue weighted by atomic mass is 127. The van der Waals surface area contributed by atoms with Crippen LogP contribution < -0.4 is 10.6 Å². The van der Waals surface area contributed by atoms with Crippen LogP contribution in [-0.2, 0) is 28.7 Å². The molecule has 0 saturated heterocycles. The third-order valence-corrected chi connectivity index (χ3v) is 7.37. The van der Waals surface area contributed by atoms with Crippen LogP contribution in [0.5, 0.6) is 0 Å². The van der Waals surface area contributed by atoms with Crippen molar-refractivity contribution in [3.8, 4) is 0 Å². The summed E-state index contributed by atoms with van der Waals surface area (Å²) in [4.78, 5) is 61.0. The number of unbranched alkanes of at least 4 members (excludes halogenated alkanes) is 4. The van der Waals surface area contributed by atoms with Gasteiger partial charge in [-0.1, -0.05) is 93.8 Å². The molecular weight excluding hydrogens is 607 g/mol. The Morgan fingerprint density at radius 1 is 1.00 bits per heavy atom. The Hall–Kier alpha value is -1.43. The minimum atomic E-state index is -0.925. The Bertz CT molecular complexity index is 759. The van der Waals surface area contributed by atoms with E-state index in [9.17, 15) is 24.0 Å². The predicted octanol–water partition coefficient (Wildman–Crippen LogP) is 4.91. The SMILES string of the molecule is CCCCCCCC(=O)SCC/C=C/[C@H](CC(=O)CI)OC(=O)[C@@H](NC(=O)C(CC)NC(C)=O)C(C)C. The second kappa shape index (κ2) is 21.5. The van der Waals surface area contributed by atoms with E-state index in [1.54, 1.807) is 26.8 Å². The van der Waals surface area contributed by atoms with Crippen molar-refractivity contribution in [3.63, 3.8) is 0 Å². The molecule has 0 spiro atoms. The second-order valence-electron chi connectivity index (χ2n) is 9.34. The maximum absolute atomic E-state index is 13.0. The first kappa shape index (κ1) is 35.6. The minimum absolute atomic E-state index is 0.0389. The van der Waals surface area contributed by atoms with Crippen LogP contribution in [0.25, 0.3) is 0 Å². The first-order valence-corrected chi connectivity index (χ1v) is 15.7. The van der Waals surface area contributed by atoms with Gasteiger partial charge in [0, 0.05) is 25.5 Å². The number of esters is 1. The van der Waals surface area contributed by atoms with Crippen molar-refractivity contribution < 1.29 is 28.7 Å². The Kier molecular flexibility index (Phi) is 20.7. The average Bonchev–Trinajstić information content (AvgIpc) is 2.84. The summed E-state index contributed by atoms with van der Waals surface area (Å²) in [6.45, 7) is 8.82. The Labute approximate surface area is 240 Å². The minimum Gasteiger partial charge on any atom is -0.456 e. The summed E-state index contributed by atoms with van der Waals surface area (Å²) in [7, 11) is 0. The highest BCUT2D eigenvalue weighted by Crippen LogP contribution is 2.14. The Balaban J connectivity index is 4.95. The summed E-state index contributed by atoms with van der Waals surface area (Å²) in [5, 5.41) is 5.44. The van der Waals surface area contributed by atoms with E-state index in [4.69, 9.17) is 4.74 Å². The number of Topliss-reactive ketones (excluding diaryl/α,β-unsaturated/α-hetero) is 1. The fourth-order valence-electron chi connectivity index (χ4n) is 3.43. The quantitative estimate of drug-likeness (QED) is 0.0631. The number of hydrogen-bond donors (Lipinski definition) is 2. The zero-order valence-corrected chi connectivity index (χ0v) is 26.0. The maximum atomic E-state index is 13.0. The van der Waals surface area contributed by atoms with Crippen molar-refractivity contribution >= 4 is 63.0 Å². The van der Waals surface area contributed by atoms with Crippen LogP contribution in [0.3, 0.4) is 0 Å². The Morgan fingerprint density at radius 2 is 1.68 bits per heavy atom. The van der Waals surface area contributed by atoms with E-state index in [1.807, 2.05) is 28.7 Å². The van der Waals surface area contributed by atoms with Gasteiger partial charge < -0.3 is 15.4 Å². The Morgan fingerprint density at radius 3 is 2.24 bits per heavy atom. The monoisotopic (exact) mass is 652 g/mol. The van der Waals surface area contributed by atoms with Crippen LogP contribution in [-0.4, -0.2) is 57.1 Å². The molecule has 0 aliphatic heterocycles. The smallest absolute Gasteiger partial charge is 0.329 e. The van der Waals surface area contributed by atoms with Crippen molar-refractivity contribution in [3.05, 3.63) is 12.2 Å². The number of carbonyl (C=O) groups excluding carboxylic acids is 5. The van der Waals surface area contributed by atoms with Gasteiger partial charge in [-0.05, 0) is 31.3 Å². The lowest BCUT2D eigenvalue weighted by atomic mass is 10.0. The predicted molar refractivity (Wildman–Crippen MR) is 158 cm³/mol. The van der Waals surface area contributed by atoms with Crippen LogP contribution in [0.1, 0.15) is 92.4 Å². The molecule has 2 N–H and O–H groups in total. The molecule has 3 atom stereocenters. The molecule has 8 nitrogen and oxygen atoms in total. The van der Waals surface area contributed by atoms with E-state index >= 15 is 0 Å². The molecule has 0 aliphatic rings. The molecule has 2 amide bonds. The lowest BCUT2D eigenvalue weighted by Crippen LogP contribution is -2.53. The van der Waals surface area contributed by atoms with Crippen molar-refractivity contribution in [2.45, 2.75) is 111 Å². The average molecular weight is 653 g/mol. The summed E-state index contributed by atoms with van der Waals surface area (Å²) in [6.07, 6.45) is 9.93. The largest absolute Gasteiger partial charge is 0.456 e. The molecular formula is C27H45IN2O6S. The molecule has 0 heterocycles. The van der Waals surface area contributed by atoms with Gasteiger partial charge in [-0.25, -0.2) is 4.79 Å². The van der Waals surface area contributed by atoms with Crippen LogP contribution in [0.2, 0.25) is 0 Å². The van der Waals surface area contributed by atoms with Crippen molar-refractivity contribution in [1.29, 1.82) is 0 Å². The van der Waals surface area contributed by atoms with Gasteiger partial charge in [-0.2, -0.15) is 0 Å². The fourth-order valence-corrected chi connectivity index (χ4v) is 4.52. The topological polar surface area (TPSA) is 119 Å². The number of thioether (sulfide) groups is 1. The number of carbonyl (C=O) groups is 5. The molecule has 0 saturated carbocycles. The zero-order valence-electron chi connectivity index (χ0n) is 23.0. The molecule has 0 aromatic carbocycles. The van der Waals surface area contributed by atoms with Gasteiger partial charge >= 0.3 is 5.97 Å². The maximum Gasteiger partial charge on any atom is 0.329 e. The molecule has 212 valence electrons. The van der Waals surface area contributed by atoms with Gasteiger partial charge in [-0.15, -0.1) is 0 Å². The molecule has 0 aromatic rings. The van der Waals surface area contributed by atoms with Crippen LogP contribution >= 0.6 is 34.4 Å². The van der Waals surface area contributed by atoms with Gasteiger partial charge in [0.1, 0.15) is 24.0 Å². The number of halogens is 1. The third-order valence-electron chi connectivity index (χ3n) is 5.55. The highest BCUT2D eigenvalue weighted by Gasteiger charge is 2.30. The number of rotatable bonds is 20. The molecule has 10 heteroatoms. The second-order valence-corrected chi connectivity index (χ2v) is 11.3. The fraction of sp³-hybridized carbons (Fsp3) is 0.741. The number of amides is 2. The summed E-state index contributed by atoms with van der Waals surface area (Å²) >= 11 is 3.28. The number of hydrogen-bond acceptors (Lipinski definition) is 7.